The minimum Gasteiger partial charge on any atom is -0.457 e. The summed E-state index contributed by atoms with van der Waals surface area (Å²) in [4.78, 5) is 17.0. The molecule has 134 valence electrons. The Kier molecular flexibility index (Phi) is 4.77. The first kappa shape index (κ1) is 17.8. The molecule has 1 amide bonds. The van der Waals surface area contributed by atoms with Crippen LogP contribution in [0, 0.1) is 13.8 Å². The van der Waals surface area contributed by atoms with E-state index in [-0.39, 0.29) is 5.91 Å². The molecule has 27 heavy (non-hydrogen) atoms. The van der Waals surface area contributed by atoms with E-state index in [2.05, 4.69) is 4.99 Å². The van der Waals surface area contributed by atoms with Gasteiger partial charge in [0.25, 0.3) is 5.91 Å². The van der Waals surface area contributed by atoms with E-state index in [1.807, 2.05) is 68.4 Å². The highest BCUT2D eigenvalue weighted by molar-refractivity contribution is 8.19. The average Bonchev–Trinajstić information content (AvgIpc) is 3.26. The van der Waals surface area contributed by atoms with Crippen molar-refractivity contribution in [2.24, 2.45) is 4.99 Å². The van der Waals surface area contributed by atoms with E-state index >= 15 is 0 Å². The first-order chi connectivity index (χ1) is 13.0. The van der Waals surface area contributed by atoms with Crippen molar-refractivity contribution in [1.29, 1.82) is 0 Å². The Morgan fingerprint density at radius 3 is 2.48 bits per heavy atom. The Bertz CT molecular complexity index is 1090. The highest BCUT2D eigenvalue weighted by Crippen LogP contribution is 2.33. The number of thioether (sulfide) groups is 1. The zero-order chi connectivity index (χ0) is 19.0. The van der Waals surface area contributed by atoms with Gasteiger partial charge in [0.2, 0.25) is 0 Å². The van der Waals surface area contributed by atoms with Crippen molar-refractivity contribution in [3.63, 3.8) is 0 Å². The largest absolute Gasteiger partial charge is 0.457 e. The van der Waals surface area contributed by atoms with Crippen LogP contribution in [0.1, 0.15) is 22.5 Å². The number of furan rings is 1. The van der Waals surface area contributed by atoms with Gasteiger partial charge in [-0.05, 0) is 37.6 Å². The van der Waals surface area contributed by atoms with Gasteiger partial charge in [-0.2, -0.15) is 0 Å². The molecule has 3 aromatic rings. The van der Waals surface area contributed by atoms with Crippen molar-refractivity contribution in [1.82, 2.24) is 0 Å². The SMILES string of the molecule is Cc1ccc(C2=NC(=O)C(=Cc3ccc(-c4ccc(C)c(Cl)c4)o3)S2)cc1. The molecule has 1 aliphatic heterocycles. The number of halogens is 1. The van der Waals surface area contributed by atoms with Crippen molar-refractivity contribution in [2.75, 3.05) is 0 Å². The quantitative estimate of drug-likeness (QED) is 0.492. The molecule has 4 rings (SSSR count). The van der Waals surface area contributed by atoms with Crippen LogP contribution in [0.4, 0.5) is 0 Å². The number of carbonyl (C=O) groups is 1. The number of aryl methyl sites for hydroxylation is 2. The summed E-state index contributed by atoms with van der Waals surface area (Å²) in [6.45, 7) is 3.98. The van der Waals surface area contributed by atoms with Crippen molar-refractivity contribution in [2.45, 2.75) is 13.8 Å². The monoisotopic (exact) mass is 393 g/mol. The van der Waals surface area contributed by atoms with E-state index in [1.165, 1.54) is 17.3 Å². The molecule has 1 aromatic heterocycles. The van der Waals surface area contributed by atoms with Gasteiger partial charge in [0.1, 0.15) is 16.6 Å². The average molecular weight is 394 g/mol. The van der Waals surface area contributed by atoms with Gasteiger partial charge < -0.3 is 4.42 Å². The number of amides is 1. The zero-order valence-corrected chi connectivity index (χ0v) is 16.4. The summed E-state index contributed by atoms with van der Waals surface area (Å²) in [6.07, 6.45) is 1.73. The lowest BCUT2D eigenvalue weighted by atomic mass is 10.1. The summed E-state index contributed by atoms with van der Waals surface area (Å²) in [5, 5.41) is 1.41. The molecule has 0 fully saturated rings. The van der Waals surface area contributed by atoms with Crippen LogP contribution in [0.25, 0.3) is 17.4 Å². The summed E-state index contributed by atoms with van der Waals surface area (Å²) < 4.78 is 5.88. The smallest absolute Gasteiger partial charge is 0.285 e. The summed E-state index contributed by atoms with van der Waals surface area (Å²) in [5.41, 5.74) is 4.03. The van der Waals surface area contributed by atoms with Crippen LogP contribution in [-0.4, -0.2) is 11.0 Å². The Morgan fingerprint density at radius 1 is 1.00 bits per heavy atom. The maximum Gasteiger partial charge on any atom is 0.285 e. The number of hydrogen-bond donors (Lipinski definition) is 0. The van der Waals surface area contributed by atoms with Gasteiger partial charge in [0.15, 0.2) is 0 Å². The Hall–Kier alpha value is -2.56. The molecule has 0 N–H and O–H groups in total. The second-order valence-corrected chi connectivity index (χ2v) is 7.80. The lowest BCUT2D eigenvalue weighted by Gasteiger charge is -2.01. The number of aliphatic imine (C=N–C) groups is 1. The minimum absolute atomic E-state index is 0.244. The van der Waals surface area contributed by atoms with Gasteiger partial charge in [0.05, 0.1) is 4.91 Å². The van der Waals surface area contributed by atoms with E-state index in [9.17, 15) is 4.79 Å². The molecule has 0 saturated carbocycles. The second kappa shape index (κ2) is 7.22. The van der Waals surface area contributed by atoms with Gasteiger partial charge in [-0.25, -0.2) is 4.99 Å². The third-order valence-electron chi connectivity index (χ3n) is 4.28. The lowest BCUT2D eigenvalue weighted by molar-refractivity contribution is -0.113. The number of nitrogens with zero attached hydrogens (tertiary/aromatic N) is 1. The normalized spacial score (nSPS) is 15.4. The van der Waals surface area contributed by atoms with Crippen LogP contribution in [-0.2, 0) is 4.79 Å². The fourth-order valence-corrected chi connectivity index (χ4v) is 3.77. The third-order valence-corrected chi connectivity index (χ3v) is 5.72. The summed E-state index contributed by atoms with van der Waals surface area (Å²) in [7, 11) is 0. The van der Waals surface area contributed by atoms with Crippen molar-refractivity contribution >= 4 is 40.4 Å². The Morgan fingerprint density at radius 2 is 1.74 bits per heavy atom. The molecule has 2 heterocycles. The standard InChI is InChI=1S/C22H16ClNO2S/c1-13-3-6-15(7-4-13)22-24-21(25)20(27-22)12-17-9-10-19(26-17)16-8-5-14(2)18(23)11-16/h3-12H,1-2H3. The van der Waals surface area contributed by atoms with E-state index in [0.717, 1.165) is 16.7 Å². The van der Waals surface area contributed by atoms with Crippen molar-refractivity contribution in [3.8, 4) is 11.3 Å². The fourth-order valence-electron chi connectivity index (χ4n) is 2.69. The predicted molar refractivity (Wildman–Crippen MR) is 112 cm³/mol. The molecule has 0 aliphatic carbocycles. The van der Waals surface area contributed by atoms with Crippen LogP contribution < -0.4 is 0 Å². The molecule has 3 nitrogen and oxygen atoms in total. The molecular weight excluding hydrogens is 378 g/mol. The second-order valence-electron chi connectivity index (χ2n) is 6.36. The van der Waals surface area contributed by atoms with Crippen LogP contribution in [0.2, 0.25) is 5.02 Å². The Balaban J connectivity index is 1.56. The molecule has 0 saturated heterocycles. The number of rotatable bonds is 3. The first-order valence-corrected chi connectivity index (χ1v) is 9.65. The maximum absolute atomic E-state index is 12.3. The van der Waals surface area contributed by atoms with E-state index in [4.69, 9.17) is 16.0 Å². The Labute approximate surface area is 166 Å². The van der Waals surface area contributed by atoms with Crippen LogP contribution in [0.15, 0.2) is 68.9 Å². The molecule has 0 atom stereocenters. The van der Waals surface area contributed by atoms with Crippen molar-refractivity contribution < 1.29 is 9.21 Å². The van der Waals surface area contributed by atoms with Gasteiger partial charge in [0, 0.05) is 22.2 Å². The first-order valence-electron chi connectivity index (χ1n) is 8.45. The van der Waals surface area contributed by atoms with Crippen LogP contribution in [0.5, 0.6) is 0 Å². The lowest BCUT2D eigenvalue weighted by Crippen LogP contribution is -1.90. The molecule has 1 aliphatic rings. The third kappa shape index (κ3) is 3.77. The number of benzene rings is 2. The molecule has 0 bridgehead atoms. The van der Waals surface area contributed by atoms with E-state index < -0.39 is 0 Å². The zero-order valence-electron chi connectivity index (χ0n) is 14.8. The maximum atomic E-state index is 12.3. The summed E-state index contributed by atoms with van der Waals surface area (Å²) >= 11 is 7.56. The highest BCUT2D eigenvalue weighted by Gasteiger charge is 2.23. The van der Waals surface area contributed by atoms with Crippen LogP contribution >= 0.6 is 23.4 Å². The summed E-state index contributed by atoms with van der Waals surface area (Å²) in [5.74, 6) is 1.07. The molecule has 0 radical (unpaired) electrons. The molecule has 0 unspecified atom stereocenters. The number of carbonyl (C=O) groups excluding carboxylic acids is 1. The van der Waals surface area contributed by atoms with Gasteiger partial charge in [-0.1, -0.05) is 65.3 Å². The predicted octanol–water partition coefficient (Wildman–Crippen LogP) is 6.28. The van der Waals surface area contributed by atoms with Gasteiger partial charge in [-0.3, -0.25) is 4.79 Å². The topological polar surface area (TPSA) is 42.6 Å². The van der Waals surface area contributed by atoms with E-state index in [0.29, 0.717) is 26.5 Å². The van der Waals surface area contributed by atoms with E-state index in [1.54, 1.807) is 6.08 Å². The minimum atomic E-state index is -0.244. The highest BCUT2D eigenvalue weighted by atomic mass is 35.5. The van der Waals surface area contributed by atoms with Crippen LogP contribution in [0.3, 0.4) is 0 Å². The van der Waals surface area contributed by atoms with Gasteiger partial charge in [-0.15, -0.1) is 0 Å². The number of hydrogen-bond acceptors (Lipinski definition) is 3. The molecule has 0 spiro atoms. The molecular formula is C22H16ClNO2S. The summed E-state index contributed by atoms with van der Waals surface area (Å²) in [6, 6.07) is 17.5. The fraction of sp³-hybridized carbons (Fsp3) is 0.0909. The molecule has 2 aromatic carbocycles. The van der Waals surface area contributed by atoms with Crippen molar-refractivity contribution in [3.05, 3.63) is 87.0 Å². The molecule has 5 heteroatoms. The van der Waals surface area contributed by atoms with Gasteiger partial charge >= 0.3 is 0 Å².